The van der Waals surface area contributed by atoms with Crippen LogP contribution in [0.25, 0.3) is 0 Å². The van der Waals surface area contributed by atoms with E-state index < -0.39 is 0 Å². The molecule has 0 saturated carbocycles. The summed E-state index contributed by atoms with van der Waals surface area (Å²) < 4.78 is 0. The minimum Gasteiger partial charge on any atom is -0.127 e. The Morgan fingerprint density at radius 2 is 1.29 bits per heavy atom. The third-order valence-corrected chi connectivity index (χ3v) is 2.76. The molecule has 0 saturated heterocycles. The monoisotopic (exact) mass is 216 g/mol. The lowest BCUT2D eigenvalue weighted by molar-refractivity contribution is 0.578. The van der Waals surface area contributed by atoms with E-state index in [-0.39, 0.29) is 0 Å². The SMILES string of the molecule is C/C=C/CCCCCCCCCCCl. The Hall–Kier alpha value is 0.0300. The zero-order valence-electron chi connectivity index (χ0n) is 9.60. The molecule has 0 aromatic carbocycles. The normalized spacial score (nSPS) is 11.3. The van der Waals surface area contributed by atoms with E-state index in [0.717, 1.165) is 5.88 Å². The van der Waals surface area contributed by atoms with Crippen molar-refractivity contribution >= 4 is 11.6 Å². The maximum absolute atomic E-state index is 5.61. The van der Waals surface area contributed by atoms with Crippen LogP contribution in [0.1, 0.15) is 64.7 Å². The number of unbranched alkanes of at least 4 members (excludes halogenated alkanes) is 8. The highest BCUT2D eigenvalue weighted by Crippen LogP contribution is 2.10. The maximum atomic E-state index is 5.61. The topological polar surface area (TPSA) is 0 Å². The number of hydrogen-bond acceptors (Lipinski definition) is 0. The molecule has 0 bridgehead atoms. The molecule has 14 heavy (non-hydrogen) atoms. The van der Waals surface area contributed by atoms with Crippen LogP contribution in [-0.2, 0) is 0 Å². The largest absolute Gasteiger partial charge is 0.127 e. The summed E-state index contributed by atoms with van der Waals surface area (Å²) in [5, 5.41) is 0. The molecule has 0 aliphatic rings. The van der Waals surface area contributed by atoms with Crippen LogP contribution in [0.5, 0.6) is 0 Å². The summed E-state index contributed by atoms with van der Waals surface area (Å²) in [7, 11) is 0. The van der Waals surface area contributed by atoms with Crippen LogP contribution in [-0.4, -0.2) is 5.88 Å². The van der Waals surface area contributed by atoms with Gasteiger partial charge in [0.15, 0.2) is 0 Å². The van der Waals surface area contributed by atoms with Crippen LogP contribution in [0.15, 0.2) is 12.2 Å². The molecular formula is C13H25Cl. The second-order valence-electron chi connectivity index (χ2n) is 3.88. The molecule has 0 aromatic rings. The summed E-state index contributed by atoms with van der Waals surface area (Å²) in [6.45, 7) is 2.09. The second-order valence-corrected chi connectivity index (χ2v) is 4.25. The molecule has 0 amide bonds. The first kappa shape index (κ1) is 14.0. The minimum absolute atomic E-state index is 0.837. The maximum Gasteiger partial charge on any atom is 0.0223 e. The Bertz CT molecular complexity index is 118. The van der Waals surface area contributed by atoms with Crippen LogP contribution in [0.3, 0.4) is 0 Å². The smallest absolute Gasteiger partial charge is 0.0223 e. The summed E-state index contributed by atoms with van der Waals surface area (Å²) in [6, 6.07) is 0. The Balaban J connectivity index is 2.85. The number of rotatable bonds is 10. The summed E-state index contributed by atoms with van der Waals surface area (Å²) >= 11 is 5.61. The van der Waals surface area contributed by atoms with Crippen LogP contribution in [0, 0.1) is 0 Å². The van der Waals surface area contributed by atoms with Crippen molar-refractivity contribution in [2.45, 2.75) is 64.7 Å². The predicted molar refractivity (Wildman–Crippen MR) is 67.1 cm³/mol. The fraction of sp³-hybridized carbons (Fsp3) is 0.846. The lowest BCUT2D eigenvalue weighted by Crippen LogP contribution is -1.81. The zero-order valence-corrected chi connectivity index (χ0v) is 10.4. The zero-order chi connectivity index (χ0) is 10.5. The van der Waals surface area contributed by atoms with Gasteiger partial charge in [0, 0.05) is 5.88 Å². The average Bonchev–Trinajstić information content (AvgIpc) is 2.21. The molecule has 84 valence electrons. The van der Waals surface area contributed by atoms with E-state index in [1.54, 1.807) is 0 Å². The van der Waals surface area contributed by atoms with Crippen molar-refractivity contribution in [3.63, 3.8) is 0 Å². The average molecular weight is 217 g/mol. The van der Waals surface area contributed by atoms with E-state index in [9.17, 15) is 0 Å². The van der Waals surface area contributed by atoms with Gasteiger partial charge in [0.25, 0.3) is 0 Å². The first-order chi connectivity index (χ1) is 6.91. The first-order valence-electron chi connectivity index (χ1n) is 6.09. The molecule has 0 radical (unpaired) electrons. The van der Waals surface area contributed by atoms with Gasteiger partial charge in [0.2, 0.25) is 0 Å². The van der Waals surface area contributed by atoms with E-state index in [2.05, 4.69) is 19.1 Å². The molecular weight excluding hydrogens is 192 g/mol. The van der Waals surface area contributed by atoms with Crippen molar-refractivity contribution in [3.8, 4) is 0 Å². The number of allylic oxidation sites excluding steroid dienone is 2. The lowest BCUT2D eigenvalue weighted by atomic mass is 10.1. The van der Waals surface area contributed by atoms with Gasteiger partial charge in [-0.25, -0.2) is 0 Å². The molecule has 0 N–H and O–H groups in total. The van der Waals surface area contributed by atoms with Gasteiger partial charge in [-0.05, 0) is 26.2 Å². The van der Waals surface area contributed by atoms with Crippen LogP contribution < -0.4 is 0 Å². The van der Waals surface area contributed by atoms with Crippen molar-refractivity contribution in [3.05, 3.63) is 12.2 Å². The van der Waals surface area contributed by atoms with Gasteiger partial charge >= 0.3 is 0 Å². The molecule has 0 fully saturated rings. The van der Waals surface area contributed by atoms with Crippen molar-refractivity contribution in [1.29, 1.82) is 0 Å². The van der Waals surface area contributed by atoms with E-state index in [1.165, 1.54) is 57.8 Å². The molecule has 0 aliphatic carbocycles. The van der Waals surface area contributed by atoms with Gasteiger partial charge in [0.1, 0.15) is 0 Å². The van der Waals surface area contributed by atoms with Crippen LogP contribution in [0.4, 0.5) is 0 Å². The third kappa shape index (κ3) is 12.0. The Morgan fingerprint density at radius 1 is 0.786 bits per heavy atom. The van der Waals surface area contributed by atoms with Crippen molar-refractivity contribution in [2.24, 2.45) is 0 Å². The lowest BCUT2D eigenvalue weighted by Gasteiger charge is -2.00. The molecule has 0 unspecified atom stereocenters. The van der Waals surface area contributed by atoms with Gasteiger partial charge in [-0.2, -0.15) is 0 Å². The molecule has 0 heterocycles. The van der Waals surface area contributed by atoms with Gasteiger partial charge in [0.05, 0.1) is 0 Å². The number of hydrogen-bond donors (Lipinski definition) is 0. The second kappa shape index (κ2) is 13.0. The summed E-state index contributed by atoms with van der Waals surface area (Å²) in [6.07, 6.45) is 16.6. The van der Waals surface area contributed by atoms with E-state index in [0.29, 0.717) is 0 Å². The highest BCUT2D eigenvalue weighted by Gasteiger charge is 1.90. The van der Waals surface area contributed by atoms with Gasteiger partial charge in [-0.15, -0.1) is 11.6 Å². The van der Waals surface area contributed by atoms with Crippen molar-refractivity contribution in [1.82, 2.24) is 0 Å². The third-order valence-electron chi connectivity index (χ3n) is 2.49. The highest BCUT2D eigenvalue weighted by molar-refractivity contribution is 6.17. The number of halogens is 1. The Labute approximate surface area is 94.7 Å². The van der Waals surface area contributed by atoms with Gasteiger partial charge in [-0.1, -0.05) is 50.7 Å². The van der Waals surface area contributed by atoms with E-state index in [4.69, 9.17) is 11.6 Å². The molecule has 1 heteroatoms. The van der Waals surface area contributed by atoms with E-state index >= 15 is 0 Å². The fourth-order valence-electron chi connectivity index (χ4n) is 1.58. The van der Waals surface area contributed by atoms with Gasteiger partial charge < -0.3 is 0 Å². The first-order valence-corrected chi connectivity index (χ1v) is 6.62. The molecule has 0 aromatic heterocycles. The predicted octanol–water partition coefficient (Wildman–Crippen LogP) is 5.31. The summed E-state index contributed by atoms with van der Waals surface area (Å²) in [4.78, 5) is 0. The summed E-state index contributed by atoms with van der Waals surface area (Å²) in [5.74, 6) is 0.837. The van der Waals surface area contributed by atoms with Crippen LogP contribution in [0.2, 0.25) is 0 Å². The highest BCUT2D eigenvalue weighted by atomic mass is 35.5. The van der Waals surface area contributed by atoms with Crippen LogP contribution >= 0.6 is 11.6 Å². The Morgan fingerprint density at radius 3 is 1.79 bits per heavy atom. The fourth-order valence-corrected chi connectivity index (χ4v) is 1.77. The molecule has 0 aliphatic heterocycles. The Kier molecular flexibility index (Phi) is 13.1. The minimum atomic E-state index is 0.837. The molecule has 0 spiro atoms. The van der Waals surface area contributed by atoms with Gasteiger partial charge in [-0.3, -0.25) is 0 Å². The van der Waals surface area contributed by atoms with Crippen molar-refractivity contribution < 1.29 is 0 Å². The molecule has 0 rings (SSSR count). The molecule has 0 atom stereocenters. The number of alkyl halides is 1. The molecule has 0 nitrogen and oxygen atoms in total. The summed E-state index contributed by atoms with van der Waals surface area (Å²) in [5.41, 5.74) is 0. The van der Waals surface area contributed by atoms with Crippen molar-refractivity contribution in [2.75, 3.05) is 5.88 Å². The standard InChI is InChI=1S/C13H25Cl/c1-2-3-4-5-6-7-8-9-10-11-12-13-14/h2-3H,4-13H2,1H3/b3-2+. The van der Waals surface area contributed by atoms with E-state index in [1.807, 2.05) is 0 Å². The quantitative estimate of drug-likeness (QED) is 0.264.